The molecule has 7 heteroatoms. The van der Waals surface area contributed by atoms with Crippen molar-refractivity contribution in [3.05, 3.63) is 64.8 Å². The zero-order chi connectivity index (χ0) is 19.2. The van der Waals surface area contributed by atoms with Gasteiger partial charge in [-0.3, -0.25) is 4.79 Å². The van der Waals surface area contributed by atoms with Gasteiger partial charge in [-0.1, -0.05) is 15.9 Å². The van der Waals surface area contributed by atoms with Crippen LogP contribution in [0.25, 0.3) is 11.3 Å². The molecule has 0 atom stereocenters. The molecule has 0 aliphatic heterocycles. The molecule has 0 aliphatic rings. The van der Waals surface area contributed by atoms with E-state index in [4.69, 9.17) is 19.0 Å². The molecule has 3 rings (SSSR count). The van der Waals surface area contributed by atoms with Crippen molar-refractivity contribution in [2.24, 2.45) is 0 Å². The van der Waals surface area contributed by atoms with E-state index in [0.29, 0.717) is 28.7 Å². The van der Waals surface area contributed by atoms with E-state index in [-0.39, 0.29) is 19.1 Å². The minimum absolute atomic E-state index is 0.107. The molecule has 0 saturated heterocycles. The molecule has 1 heterocycles. The van der Waals surface area contributed by atoms with Gasteiger partial charge in [0.15, 0.2) is 6.61 Å². The topological polar surface area (TPSA) is 80.9 Å². The number of ether oxygens (including phenoxy) is 2. The second-order valence-corrected chi connectivity index (χ2v) is 6.55. The first kappa shape index (κ1) is 19.0. The Balaban J connectivity index is 1.66. The zero-order valence-corrected chi connectivity index (χ0v) is 16.2. The van der Waals surface area contributed by atoms with Gasteiger partial charge in [0.05, 0.1) is 12.7 Å². The summed E-state index contributed by atoms with van der Waals surface area (Å²) in [6.45, 7) is -0.279. The number of aliphatic hydroxyl groups is 1. The Hall–Kier alpha value is -2.77. The summed E-state index contributed by atoms with van der Waals surface area (Å²) in [6.07, 6.45) is 0. The lowest BCUT2D eigenvalue weighted by Crippen LogP contribution is -2.20. The zero-order valence-electron chi connectivity index (χ0n) is 14.6. The Morgan fingerprint density at radius 2 is 1.93 bits per heavy atom. The summed E-state index contributed by atoms with van der Waals surface area (Å²) in [7, 11) is 1.54. The summed E-state index contributed by atoms with van der Waals surface area (Å²) in [6, 6.07) is 15.9. The number of methoxy groups -OCH3 is 1. The average Bonchev–Trinajstić information content (AvgIpc) is 3.16. The van der Waals surface area contributed by atoms with Crippen molar-refractivity contribution < 1.29 is 23.8 Å². The van der Waals surface area contributed by atoms with E-state index in [1.165, 1.54) is 7.11 Å². The molecule has 0 spiro atoms. The number of hydrogen-bond donors (Lipinski definition) is 2. The SMILES string of the molecule is COc1cc(NC(=O)COc2ccc(Br)cc2)ccc1-c1ccc(CO)o1. The number of nitrogens with one attached hydrogen (secondary N) is 1. The summed E-state index contributed by atoms with van der Waals surface area (Å²) in [5, 5.41) is 11.9. The lowest BCUT2D eigenvalue weighted by molar-refractivity contribution is -0.118. The Kier molecular flexibility index (Phi) is 6.16. The fourth-order valence-corrected chi connectivity index (χ4v) is 2.72. The molecule has 2 aromatic carbocycles. The Labute approximate surface area is 164 Å². The number of amides is 1. The van der Waals surface area contributed by atoms with Crippen LogP contribution in [0.3, 0.4) is 0 Å². The van der Waals surface area contributed by atoms with Crippen LogP contribution >= 0.6 is 15.9 Å². The van der Waals surface area contributed by atoms with Crippen LogP contribution in [0.4, 0.5) is 5.69 Å². The lowest BCUT2D eigenvalue weighted by Gasteiger charge is -2.11. The van der Waals surface area contributed by atoms with Gasteiger partial charge in [0.25, 0.3) is 5.91 Å². The van der Waals surface area contributed by atoms with Crippen molar-refractivity contribution in [2.45, 2.75) is 6.61 Å². The molecule has 1 amide bonds. The maximum absolute atomic E-state index is 12.1. The van der Waals surface area contributed by atoms with Crippen molar-refractivity contribution in [3.63, 3.8) is 0 Å². The highest BCUT2D eigenvalue weighted by molar-refractivity contribution is 9.10. The van der Waals surface area contributed by atoms with Crippen LogP contribution in [-0.2, 0) is 11.4 Å². The van der Waals surface area contributed by atoms with Gasteiger partial charge >= 0.3 is 0 Å². The van der Waals surface area contributed by atoms with Gasteiger partial charge in [0, 0.05) is 16.2 Å². The fourth-order valence-electron chi connectivity index (χ4n) is 2.46. The minimum atomic E-state index is -0.284. The van der Waals surface area contributed by atoms with Crippen molar-refractivity contribution in [1.29, 1.82) is 0 Å². The van der Waals surface area contributed by atoms with Gasteiger partial charge in [-0.25, -0.2) is 0 Å². The quantitative estimate of drug-likeness (QED) is 0.584. The first-order valence-corrected chi connectivity index (χ1v) is 8.94. The van der Waals surface area contributed by atoms with Gasteiger partial charge in [0.1, 0.15) is 29.6 Å². The monoisotopic (exact) mass is 431 g/mol. The highest BCUT2D eigenvalue weighted by Crippen LogP contribution is 2.33. The average molecular weight is 432 g/mol. The van der Waals surface area contributed by atoms with Crippen LogP contribution in [0.15, 0.2) is 63.5 Å². The van der Waals surface area contributed by atoms with Gasteiger partial charge in [-0.15, -0.1) is 0 Å². The van der Waals surface area contributed by atoms with E-state index in [2.05, 4.69) is 21.2 Å². The molecule has 0 aliphatic carbocycles. The normalized spacial score (nSPS) is 10.5. The van der Waals surface area contributed by atoms with Gasteiger partial charge in [-0.05, 0) is 48.5 Å². The molecule has 0 unspecified atom stereocenters. The van der Waals surface area contributed by atoms with E-state index >= 15 is 0 Å². The van der Waals surface area contributed by atoms with Crippen LogP contribution in [0, 0.1) is 0 Å². The molecular formula is C20H18BrNO5. The highest BCUT2D eigenvalue weighted by atomic mass is 79.9. The van der Waals surface area contributed by atoms with Crippen molar-refractivity contribution >= 4 is 27.5 Å². The Bertz CT molecular complexity index is 920. The maximum atomic E-state index is 12.1. The van der Waals surface area contributed by atoms with Crippen LogP contribution < -0.4 is 14.8 Å². The molecule has 27 heavy (non-hydrogen) atoms. The van der Waals surface area contributed by atoms with Gasteiger partial charge < -0.3 is 24.3 Å². The molecular weight excluding hydrogens is 414 g/mol. The smallest absolute Gasteiger partial charge is 0.262 e. The highest BCUT2D eigenvalue weighted by Gasteiger charge is 2.12. The number of anilines is 1. The van der Waals surface area contributed by atoms with Crippen LogP contribution in [0.5, 0.6) is 11.5 Å². The third-order valence-corrected chi connectivity index (χ3v) is 4.28. The van der Waals surface area contributed by atoms with Crippen molar-refractivity contribution in [3.8, 4) is 22.8 Å². The number of halogens is 1. The van der Waals surface area contributed by atoms with Gasteiger partial charge in [-0.2, -0.15) is 0 Å². The fraction of sp³-hybridized carbons (Fsp3) is 0.150. The summed E-state index contributed by atoms with van der Waals surface area (Å²) in [5.41, 5.74) is 1.30. The van der Waals surface area contributed by atoms with E-state index in [1.807, 2.05) is 12.1 Å². The molecule has 0 saturated carbocycles. The number of benzene rings is 2. The first-order chi connectivity index (χ1) is 13.1. The number of carbonyl (C=O) groups excluding carboxylic acids is 1. The molecule has 0 radical (unpaired) electrons. The molecule has 140 valence electrons. The number of carbonyl (C=O) groups is 1. The third-order valence-electron chi connectivity index (χ3n) is 3.75. The number of rotatable bonds is 7. The second-order valence-electron chi connectivity index (χ2n) is 5.63. The summed E-state index contributed by atoms with van der Waals surface area (Å²) < 4.78 is 17.3. The van der Waals surface area contributed by atoms with Crippen molar-refractivity contribution in [1.82, 2.24) is 0 Å². The lowest BCUT2D eigenvalue weighted by atomic mass is 10.1. The predicted molar refractivity (Wildman–Crippen MR) is 105 cm³/mol. The summed E-state index contributed by atoms with van der Waals surface area (Å²) >= 11 is 3.35. The standard InChI is InChI=1S/C20H18BrNO5/c1-25-19-10-14(4-8-17(19)18-9-7-16(11-23)27-18)22-20(24)12-26-15-5-2-13(21)3-6-15/h2-10,23H,11-12H2,1H3,(H,22,24). The number of furan rings is 1. The first-order valence-electron chi connectivity index (χ1n) is 8.15. The van der Waals surface area contributed by atoms with Crippen molar-refractivity contribution in [2.75, 3.05) is 19.0 Å². The molecule has 2 N–H and O–H groups in total. The largest absolute Gasteiger partial charge is 0.496 e. The molecule has 0 fully saturated rings. The predicted octanol–water partition coefficient (Wildman–Crippen LogP) is 4.23. The maximum Gasteiger partial charge on any atom is 0.262 e. The van der Waals surface area contributed by atoms with E-state index in [1.54, 1.807) is 42.5 Å². The van der Waals surface area contributed by atoms with Crippen LogP contribution in [-0.4, -0.2) is 24.7 Å². The Morgan fingerprint density at radius 3 is 2.59 bits per heavy atom. The molecule has 6 nitrogen and oxygen atoms in total. The molecule has 0 bridgehead atoms. The van der Waals surface area contributed by atoms with E-state index in [0.717, 1.165) is 10.0 Å². The van der Waals surface area contributed by atoms with Crippen LogP contribution in [0.1, 0.15) is 5.76 Å². The Morgan fingerprint density at radius 1 is 1.15 bits per heavy atom. The van der Waals surface area contributed by atoms with E-state index < -0.39 is 0 Å². The molecule has 3 aromatic rings. The van der Waals surface area contributed by atoms with Crippen LogP contribution in [0.2, 0.25) is 0 Å². The number of aliphatic hydroxyl groups excluding tert-OH is 1. The molecule has 1 aromatic heterocycles. The van der Waals surface area contributed by atoms with E-state index in [9.17, 15) is 4.79 Å². The second kappa shape index (κ2) is 8.75. The number of hydrogen-bond acceptors (Lipinski definition) is 5. The van der Waals surface area contributed by atoms with Gasteiger partial charge in [0.2, 0.25) is 0 Å². The summed E-state index contributed by atoms with van der Waals surface area (Å²) in [5.74, 6) is 1.91. The minimum Gasteiger partial charge on any atom is -0.496 e. The third kappa shape index (κ3) is 4.90. The summed E-state index contributed by atoms with van der Waals surface area (Å²) in [4.78, 5) is 12.1.